The second kappa shape index (κ2) is 11.7. The Morgan fingerprint density at radius 2 is 1.63 bits per heavy atom. The second-order valence-corrected chi connectivity index (χ2v) is 8.11. The van der Waals surface area contributed by atoms with Gasteiger partial charge in [-0.1, -0.05) is 42.5 Å². The van der Waals surface area contributed by atoms with Crippen molar-refractivity contribution in [3.63, 3.8) is 0 Å². The summed E-state index contributed by atoms with van der Waals surface area (Å²) in [7, 11) is 1.71. The van der Waals surface area contributed by atoms with E-state index in [2.05, 4.69) is 10.6 Å². The first-order valence-corrected chi connectivity index (χ1v) is 11.1. The van der Waals surface area contributed by atoms with Gasteiger partial charge in [-0.25, -0.2) is 9.59 Å². The molecule has 182 valence electrons. The van der Waals surface area contributed by atoms with Crippen LogP contribution in [-0.2, 0) is 17.8 Å². The molecule has 0 aliphatic carbocycles. The number of carbonyl (C=O) groups excluding carboxylic acids is 2. The summed E-state index contributed by atoms with van der Waals surface area (Å²) in [5.41, 5.74) is 14.8. The Morgan fingerprint density at radius 3 is 2.29 bits per heavy atom. The lowest BCUT2D eigenvalue weighted by Crippen LogP contribution is -2.33. The predicted molar refractivity (Wildman–Crippen MR) is 135 cm³/mol. The lowest BCUT2D eigenvalue weighted by Gasteiger charge is -2.19. The van der Waals surface area contributed by atoms with E-state index < -0.39 is 17.9 Å². The monoisotopic (exact) mass is 475 g/mol. The highest BCUT2D eigenvalue weighted by molar-refractivity contribution is 5.94. The van der Waals surface area contributed by atoms with E-state index in [-0.39, 0.29) is 11.6 Å². The summed E-state index contributed by atoms with van der Waals surface area (Å²) in [5.74, 6) is -1.65. The molecule has 0 radical (unpaired) electrons. The van der Waals surface area contributed by atoms with E-state index in [1.807, 2.05) is 30.3 Å². The summed E-state index contributed by atoms with van der Waals surface area (Å²) in [6, 6.07) is 19.7. The van der Waals surface area contributed by atoms with Gasteiger partial charge in [0.25, 0.3) is 0 Å². The lowest BCUT2D eigenvalue weighted by atomic mass is 10.0. The van der Waals surface area contributed by atoms with Gasteiger partial charge in [-0.15, -0.1) is 0 Å². The molecule has 0 aliphatic rings. The van der Waals surface area contributed by atoms with Gasteiger partial charge in [-0.3, -0.25) is 4.79 Å². The number of aliphatic carboxylic acids is 1. The van der Waals surface area contributed by atoms with Crippen LogP contribution in [0.5, 0.6) is 0 Å². The molecule has 35 heavy (non-hydrogen) atoms. The SMILES string of the molecule is CN(CCc1ccc(C(Nc2cccc(C(N)=O)c2)C(=O)O)cc1)C(=O)Nc1cccc(CN)c1. The van der Waals surface area contributed by atoms with E-state index in [1.54, 1.807) is 48.3 Å². The largest absolute Gasteiger partial charge is 0.479 e. The van der Waals surface area contributed by atoms with Gasteiger partial charge in [0.05, 0.1) is 0 Å². The van der Waals surface area contributed by atoms with Gasteiger partial charge in [0.15, 0.2) is 6.04 Å². The number of amides is 3. The molecule has 3 amide bonds. The van der Waals surface area contributed by atoms with Crippen LogP contribution >= 0.6 is 0 Å². The van der Waals surface area contributed by atoms with Gasteiger partial charge < -0.3 is 32.1 Å². The number of rotatable bonds is 10. The molecule has 0 saturated carbocycles. The first kappa shape index (κ1) is 25.3. The van der Waals surface area contributed by atoms with Crippen molar-refractivity contribution in [3.8, 4) is 0 Å². The molecule has 0 aromatic heterocycles. The van der Waals surface area contributed by atoms with Gasteiger partial charge in [0, 0.05) is 37.1 Å². The van der Waals surface area contributed by atoms with Gasteiger partial charge >= 0.3 is 12.0 Å². The van der Waals surface area contributed by atoms with Crippen molar-refractivity contribution in [3.05, 3.63) is 95.1 Å². The van der Waals surface area contributed by atoms with Crippen molar-refractivity contribution in [2.75, 3.05) is 24.2 Å². The van der Waals surface area contributed by atoms with Crippen LogP contribution in [0.3, 0.4) is 0 Å². The van der Waals surface area contributed by atoms with Crippen molar-refractivity contribution < 1.29 is 19.5 Å². The molecule has 3 aromatic rings. The Morgan fingerprint density at radius 1 is 0.943 bits per heavy atom. The number of urea groups is 1. The number of carboxylic acid groups (broad SMARTS) is 1. The number of anilines is 2. The van der Waals surface area contributed by atoms with Crippen molar-refractivity contribution in [2.24, 2.45) is 11.5 Å². The minimum Gasteiger partial charge on any atom is -0.479 e. The first-order valence-electron chi connectivity index (χ1n) is 11.1. The molecule has 3 aromatic carbocycles. The average molecular weight is 476 g/mol. The summed E-state index contributed by atoms with van der Waals surface area (Å²) >= 11 is 0. The number of carboxylic acids is 1. The third-order valence-electron chi connectivity index (χ3n) is 5.51. The first-order chi connectivity index (χ1) is 16.8. The quantitative estimate of drug-likeness (QED) is 0.304. The van der Waals surface area contributed by atoms with Crippen LogP contribution in [0.15, 0.2) is 72.8 Å². The minimum absolute atomic E-state index is 0.232. The fraction of sp³-hybridized carbons (Fsp3) is 0.192. The third kappa shape index (κ3) is 7.05. The number of benzene rings is 3. The highest BCUT2D eigenvalue weighted by Crippen LogP contribution is 2.22. The maximum atomic E-state index is 12.5. The predicted octanol–water partition coefficient (Wildman–Crippen LogP) is 3.19. The fourth-order valence-corrected chi connectivity index (χ4v) is 3.49. The van der Waals surface area contributed by atoms with Crippen molar-refractivity contribution >= 4 is 29.3 Å². The molecule has 1 atom stereocenters. The van der Waals surface area contributed by atoms with Gasteiger partial charge in [0.2, 0.25) is 5.91 Å². The van der Waals surface area contributed by atoms with Crippen LogP contribution in [0.1, 0.15) is 33.1 Å². The maximum Gasteiger partial charge on any atom is 0.330 e. The molecule has 3 rings (SSSR count). The van der Waals surface area contributed by atoms with Crippen molar-refractivity contribution in [1.29, 1.82) is 0 Å². The summed E-state index contributed by atoms with van der Waals surface area (Å²) in [6.07, 6.45) is 0.596. The normalized spacial score (nSPS) is 11.4. The topological polar surface area (TPSA) is 151 Å². The molecule has 0 aliphatic heterocycles. The van der Waals surface area contributed by atoms with E-state index in [4.69, 9.17) is 11.5 Å². The van der Waals surface area contributed by atoms with Crippen molar-refractivity contribution in [2.45, 2.75) is 19.0 Å². The molecule has 0 saturated heterocycles. The summed E-state index contributed by atoms with van der Waals surface area (Å²) in [5, 5.41) is 15.5. The second-order valence-electron chi connectivity index (χ2n) is 8.11. The molecule has 9 heteroatoms. The number of hydrogen-bond donors (Lipinski definition) is 5. The zero-order valence-electron chi connectivity index (χ0n) is 19.4. The Hall–Kier alpha value is -4.37. The van der Waals surface area contributed by atoms with Crippen LogP contribution in [0.2, 0.25) is 0 Å². The number of primary amides is 1. The van der Waals surface area contributed by atoms with Gasteiger partial charge in [-0.2, -0.15) is 0 Å². The molecule has 0 spiro atoms. The number of nitrogens with zero attached hydrogens (tertiary/aromatic N) is 1. The van der Waals surface area contributed by atoms with Gasteiger partial charge in [0.1, 0.15) is 0 Å². The molecule has 7 N–H and O–H groups in total. The highest BCUT2D eigenvalue weighted by atomic mass is 16.4. The smallest absolute Gasteiger partial charge is 0.330 e. The molecular formula is C26H29N5O4. The van der Waals surface area contributed by atoms with Gasteiger partial charge in [-0.05, 0) is 53.4 Å². The zero-order chi connectivity index (χ0) is 25.4. The molecular weight excluding hydrogens is 446 g/mol. The molecule has 9 nitrogen and oxygen atoms in total. The Kier molecular flexibility index (Phi) is 8.42. The maximum absolute atomic E-state index is 12.5. The number of hydrogen-bond acceptors (Lipinski definition) is 5. The molecule has 0 bridgehead atoms. The van der Waals surface area contributed by atoms with Crippen LogP contribution in [-0.4, -0.2) is 41.5 Å². The van der Waals surface area contributed by atoms with E-state index in [0.29, 0.717) is 36.4 Å². The summed E-state index contributed by atoms with van der Waals surface area (Å²) in [6.45, 7) is 0.871. The highest BCUT2D eigenvalue weighted by Gasteiger charge is 2.20. The summed E-state index contributed by atoms with van der Waals surface area (Å²) < 4.78 is 0. The van der Waals surface area contributed by atoms with Crippen LogP contribution in [0.25, 0.3) is 0 Å². The number of carbonyl (C=O) groups is 3. The van der Waals surface area contributed by atoms with E-state index >= 15 is 0 Å². The van der Waals surface area contributed by atoms with Crippen LogP contribution < -0.4 is 22.1 Å². The molecule has 1 unspecified atom stereocenters. The summed E-state index contributed by atoms with van der Waals surface area (Å²) in [4.78, 5) is 37.3. The Bertz CT molecular complexity index is 1200. The fourth-order valence-electron chi connectivity index (χ4n) is 3.49. The molecule has 0 fully saturated rings. The van der Waals surface area contributed by atoms with Crippen molar-refractivity contribution in [1.82, 2.24) is 4.90 Å². The standard InChI is InChI=1S/C26H29N5O4/c1-31(26(35)30-21-6-2-4-18(14-21)16-27)13-12-17-8-10-19(11-9-17)23(25(33)34)29-22-7-3-5-20(15-22)24(28)32/h2-11,14-15,23,29H,12-13,16,27H2,1H3,(H2,28,32)(H,30,35)(H,33,34). The average Bonchev–Trinajstić information content (AvgIpc) is 2.86. The minimum atomic E-state index is -1.06. The third-order valence-corrected chi connectivity index (χ3v) is 5.51. The van der Waals surface area contributed by atoms with Crippen LogP contribution in [0, 0.1) is 0 Å². The number of nitrogens with two attached hydrogens (primary N) is 2. The number of likely N-dealkylation sites (N-methyl/N-ethyl adjacent to an activating group) is 1. The van der Waals surface area contributed by atoms with E-state index in [1.165, 1.54) is 6.07 Å². The Labute approximate surface area is 203 Å². The van der Waals surface area contributed by atoms with Crippen LogP contribution in [0.4, 0.5) is 16.2 Å². The van der Waals surface area contributed by atoms with E-state index in [9.17, 15) is 19.5 Å². The van der Waals surface area contributed by atoms with E-state index in [0.717, 1.165) is 11.1 Å². The Balaban J connectivity index is 1.59. The zero-order valence-corrected chi connectivity index (χ0v) is 19.4. The molecule has 0 heterocycles. The lowest BCUT2D eigenvalue weighted by molar-refractivity contribution is -0.138. The number of nitrogens with one attached hydrogen (secondary N) is 2.